The molecule has 0 radical (unpaired) electrons. The number of hydrogen-bond donors (Lipinski definition) is 2. The maximum Gasteiger partial charge on any atom is 0.237 e. The van der Waals surface area contributed by atoms with Crippen molar-refractivity contribution in [2.24, 2.45) is 11.3 Å². The summed E-state index contributed by atoms with van der Waals surface area (Å²) in [6, 6.07) is 0.613. The first-order valence-corrected chi connectivity index (χ1v) is 8.04. The minimum Gasteiger partial charge on any atom is -0.385 e. The highest BCUT2D eigenvalue weighted by atomic mass is 35.5. The van der Waals surface area contributed by atoms with Crippen molar-refractivity contribution in [2.45, 2.75) is 64.5 Å². The van der Waals surface area contributed by atoms with Crippen molar-refractivity contribution in [1.82, 2.24) is 10.6 Å². The number of amides is 1. The first kappa shape index (κ1) is 18.7. The quantitative estimate of drug-likeness (QED) is 0.791. The summed E-state index contributed by atoms with van der Waals surface area (Å²) < 4.78 is 5.12. The van der Waals surface area contributed by atoms with E-state index in [1.54, 1.807) is 7.11 Å². The molecular weight excluding hydrogens is 288 g/mol. The minimum atomic E-state index is 0. The summed E-state index contributed by atoms with van der Waals surface area (Å²) in [6.45, 7) is 5.82. The Balaban J connectivity index is 0.00000220. The van der Waals surface area contributed by atoms with Crippen molar-refractivity contribution in [3.05, 3.63) is 0 Å². The van der Waals surface area contributed by atoms with Gasteiger partial charge < -0.3 is 15.4 Å². The molecule has 2 fully saturated rings. The number of halogens is 1. The molecule has 0 aromatic carbocycles. The highest BCUT2D eigenvalue weighted by molar-refractivity contribution is 5.85. The summed E-state index contributed by atoms with van der Waals surface area (Å²) in [5.74, 6) is 0.908. The first-order valence-electron chi connectivity index (χ1n) is 8.04. The van der Waals surface area contributed by atoms with Gasteiger partial charge in [0.25, 0.3) is 0 Å². The van der Waals surface area contributed by atoms with E-state index in [4.69, 9.17) is 4.74 Å². The van der Waals surface area contributed by atoms with Gasteiger partial charge in [0.1, 0.15) is 0 Å². The molecule has 2 aliphatic rings. The van der Waals surface area contributed by atoms with Gasteiger partial charge in [0.15, 0.2) is 0 Å². The summed E-state index contributed by atoms with van der Waals surface area (Å²) >= 11 is 0. The van der Waals surface area contributed by atoms with E-state index < -0.39 is 0 Å². The second-order valence-corrected chi connectivity index (χ2v) is 7.23. The second-order valence-electron chi connectivity index (χ2n) is 7.23. The zero-order chi connectivity index (χ0) is 14.6. The molecule has 0 aromatic heterocycles. The molecule has 4 nitrogen and oxygen atoms in total. The fraction of sp³-hybridized carbons (Fsp3) is 0.938. The summed E-state index contributed by atoms with van der Waals surface area (Å²) in [6.07, 6.45) is 7.17. The van der Waals surface area contributed by atoms with Crippen molar-refractivity contribution in [3.63, 3.8) is 0 Å². The highest BCUT2D eigenvalue weighted by Gasteiger charge is 2.38. The molecule has 3 unspecified atom stereocenters. The molecule has 1 saturated carbocycles. The third kappa shape index (κ3) is 5.42. The van der Waals surface area contributed by atoms with Gasteiger partial charge >= 0.3 is 0 Å². The van der Waals surface area contributed by atoms with Crippen LogP contribution in [0.3, 0.4) is 0 Å². The van der Waals surface area contributed by atoms with E-state index in [1.165, 1.54) is 25.7 Å². The minimum absolute atomic E-state index is 0. The van der Waals surface area contributed by atoms with E-state index in [9.17, 15) is 4.79 Å². The molecule has 1 heterocycles. The van der Waals surface area contributed by atoms with Crippen LogP contribution in [0.4, 0.5) is 0 Å². The largest absolute Gasteiger partial charge is 0.385 e. The van der Waals surface area contributed by atoms with Crippen molar-refractivity contribution in [3.8, 4) is 0 Å². The lowest BCUT2D eigenvalue weighted by Gasteiger charge is -2.25. The van der Waals surface area contributed by atoms with Gasteiger partial charge in [-0.25, -0.2) is 0 Å². The lowest BCUT2D eigenvalue weighted by Crippen LogP contribution is -2.45. The van der Waals surface area contributed by atoms with Crippen LogP contribution in [-0.4, -0.2) is 38.3 Å². The van der Waals surface area contributed by atoms with E-state index in [0.717, 1.165) is 31.9 Å². The Morgan fingerprint density at radius 1 is 1.33 bits per heavy atom. The zero-order valence-corrected chi connectivity index (χ0v) is 14.4. The van der Waals surface area contributed by atoms with Crippen LogP contribution >= 0.6 is 12.4 Å². The maximum atomic E-state index is 12.3. The predicted molar refractivity (Wildman–Crippen MR) is 87.8 cm³/mol. The van der Waals surface area contributed by atoms with E-state index in [-0.39, 0.29) is 29.8 Å². The van der Waals surface area contributed by atoms with Crippen LogP contribution in [0.15, 0.2) is 0 Å². The molecule has 1 amide bonds. The normalized spacial score (nSPS) is 28.6. The van der Waals surface area contributed by atoms with Crippen LogP contribution in [0.2, 0.25) is 0 Å². The highest BCUT2D eigenvalue weighted by Crippen LogP contribution is 2.33. The van der Waals surface area contributed by atoms with Crippen LogP contribution in [0, 0.1) is 11.3 Å². The first-order chi connectivity index (χ1) is 9.52. The van der Waals surface area contributed by atoms with Gasteiger partial charge in [-0.1, -0.05) is 26.7 Å². The van der Waals surface area contributed by atoms with Gasteiger partial charge in [0.05, 0.1) is 6.04 Å². The number of ether oxygens (including phenoxy) is 1. The molecule has 2 rings (SSSR count). The Labute approximate surface area is 135 Å². The number of hydrogen-bond acceptors (Lipinski definition) is 3. The summed E-state index contributed by atoms with van der Waals surface area (Å²) in [5, 5.41) is 6.66. The average Bonchev–Trinajstić information content (AvgIpc) is 2.86. The van der Waals surface area contributed by atoms with Crippen molar-refractivity contribution < 1.29 is 9.53 Å². The SMILES string of the molecule is COCCC(C)(C)CNC(=O)C1CC2CCCCC2N1.Cl. The Kier molecular flexibility index (Phi) is 7.45. The number of carbonyl (C=O) groups is 1. The molecule has 1 aliphatic carbocycles. The van der Waals surface area contributed by atoms with Gasteiger partial charge in [-0.05, 0) is 37.0 Å². The number of fused-ring (bicyclic) bond motifs is 1. The molecule has 21 heavy (non-hydrogen) atoms. The molecule has 0 spiro atoms. The molecule has 2 N–H and O–H groups in total. The molecule has 1 aliphatic heterocycles. The maximum absolute atomic E-state index is 12.3. The van der Waals surface area contributed by atoms with Crippen molar-refractivity contribution in [1.29, 1.82) is 0 Å². The van der Waals surface area contributed by atoms with Crippen LogP contribution in [0.5, 0.6) is 0 Å². The molecule has 5 heteroatoms. The van der Waals surface area contributed by atoms with E-state index in [2.05, 4.69) is 24.5 Å². The number of carbonyl (C=O) groups excluding carboxylic acids is 1. The second kappa shape index (κ2) is 8.35. The van der Waals surface area contributed by atoms with Gasteiger partial charge in [-0.2, -0.15) is 0 Å². The Hall–Kier alpha value is -0.320. The monoisotopic (exact) mass is 318 g/mol. The average molecular weight is 319 g/mol. The van der Waals surface area contributed by atoms with Crippen molar-refractivity contribution in [2.75, 3.05) is 20.3 Å². The van der Waals surface area contributed by atoms with E-state index in [0.29, 0.717) is 6.04 Å². The summed E-state index contributed by atoms with van der Waals surface area (Å²) in [5.41, 5.74) is 0.0943. The van der Waals surface area contributed by atoms with Crippen LogP contribution < -0.4 is 10.6 Å². The van der Waals surface area contributed by atoms with Crippen LogP contribution in [-0.2, 0) is 9.53 Å². The van der Waals surface area contributed by atoms with Gasteiger partial charge in [-0.15, -0.1) is 12.4 Å². The molecular formula is C16H31ClN2O2. The lowest BCUT2D eigenvalue weighted by molar-refractivity contribution is -0.123. The third-order valence-electron chi connectivity index (χ3n) is 4.90. The van der Waals surface area contributed by atoms with Gasteiger partial charge in [0, 0.05) is 26.3 Å². The lowest BCUT2D eigenvalue weighted by atomic mass is 9.85. The topological polar surface area (TPSA) is 50.4 Å². The number of methoxy groups -OCH3 is 1. The predicted octanol–water partition coefficient (Wildman–Crippen LogP) is 2.51. The van der Waals surface area contributed by atoms with E-state index in [1.807, 2.05) is 0 Å². The fourth-order valence-corrected chi connectivity index (χ4v) is 3.44. The van der Waals surface area contributed by atoms with Crippen molar-refractivity contribution >= 4 is 18.3 Å². The summed E-state index contributed by atoms with van der Waals surface area (Å²) in [7, 11) is 1.72. The molecule has 0 bridgehead atoms. The standard InChI is InChI=1S/C16H30N2O2.ClH/c1-16(2,8-9-20-3)11-17-15(19)14-10-12-6-4-5-7-13(12)18-14;/h12-14,18H,4-11H2,1-3H3,(H,17,19);1H. The fourth-order valence-electron chi connectivity index (χ4n) is 3.44. The molecule has 0 aromatic rings. The van der Waals surface area contributed by atoms with Crippen LogP contribution in [0.1, 0.15) is 52.4 Å². The van der Waals surface area contributed by atoms with Crippen LogP contribution in [0.25, 0.3) is 0 Å². The molecule has 124 valence electrons. The zero-order valence-electron chi connectivity index (χ0n) is 13.6. The smallest absolute Gasteiger partial charge is 0.237 e. The summed E-state index contributed by atoms with van der Waals surface area (Å²) in [4.78, 5) is 12.3. The van der Waals surface area contributed by atoms with Gasteiger partial charge in [-0.3, -0.25) is 4.79 Å². The Morgan fingerprint density at radius 2 is 2.05 bits per heavy atom. The van der Waals surface area contributed by atoms with Gasteiger partial charge in [0.2, 0.25) is 5.91 Å². The Morgan fingerprint density at radius 3 is 2.71 bits per heavy atom. The number of rotatable bonds is 6. The molecule has 1 saturated heterocycles. The Bertz CT molecular complexity index is 322. The molecule has 3 atom stereocenters. The third-order valence-corrected chi connectivity index (χ3v) is 4.90. The van der Waals surface area contributed by atoms with E-state index >= 15 is 0 Å². The number of nitrogens with one attached hydrogen (secondary N) is 2.